The van der Waals surface area contributed by atoms with Crippen molar-refractivity contribution in [2.24, 2.45) is 0 Å². The summed E-state index contributed by atoms with van der Waals surface area (Å²) in [5.41, 5.74) is 2.24. The van der Waals surface area contributed by atoms with Gasteiger partial charge in [-0.1, -0.05) is 18.2 Å². The predicted octanol–water partition coefficient (Wildman–Crippen LogP) is 3.69. The topological polar surface area (TPSA) is 17.0 Å². The molecule has 1 N–H and O–H groups in total. The van der Waals surface area contributed by atoms with Crippen LogP contribution in [0.1, 0.15) is 11.1 Å². The van der Waals surface area contributed by atoms with Crippen molar-refractivity contribution in [3.8, 4) is 0 Å². The molecule has 1 aromatic heterocycles. The number of hydrogen-bond acceptors (Lipinski definition) is 1. The molecule has 21 heavy (non-hydrogen) atoms. The average molecular weight is 286 g/mol. The first-order chi connectivity index (χ1) is 10.2. The molecule has 0 aliphatic heterocycles. The van der Waals surface area contributed by atoms with Crippen LogP contribution >= 0.6 is 0 Å². The molecule has 0 saturated heterocycles. The summed E-state index contributed by atoms with van der Waals surface area (Å²) >= 11 is 0. The summed E-state index contributed by atoms with van der Waals surface area (Å²) in [6.07, 6.45) is 1.87. The number of aromatic nitrogens is 1. The van der Waals surface area contributed by atoms with Crippen molar-refractivity contribution >= 4 is 10.9 Å². The minimum atomic E-state index is -0.511. The van der Waals surface area contributed by atoms with E-state index in [9.17, 15) is 8.78 Å². The van der Waals surface area contributed by atoms with E-state index in [2.05, 4.69) is 5.32 Å². The third-order valence-corrected chi connectivity index (χ3v) is 3.66. The third-order valence-electron chi connectivity index (χ3n) is 3.66. The maximum atomic E-state index is 13.8. The summed E-state index contributed by atoms with van der Waals surface area (Å²) in [6.45, 7) is 0.945. The Hall–Kier alpha value is -2.20. The van der Waals surface area contributed by atoms with E-state index >= 15 is 0 Å². The number of rotatable bonds is 4. The minimum absolute atomic E-state index is 0.0917. The molecule has 0 fully saturated rings. The number of benzene rings is 2. The minimum Gasteiger partial charge on any atom is -0.343 e. The van der Waals surface area contributed by atoms with Crippen molar-refractivity contribution in [1.29, 1.82) is 0 Å². The molecule has 0 amide bonds. The molecule has 0 saturated carbocycles. The Kier molecular flexibility index (Phi) is 3.71. The van der Waals surface area contributed by atoms with Crippen LogP contribution in [0.2, 0.25) is 0 Å². The standard InChI is InChI=1S/C17H16F2N2/c1-20-10-12-4-2-7-17-13(12)8-9-21(17)11-14-15(18)5-3-6-16(14)19/h2-9,20H,10-11H2,1H3. The molecule has 0 unspecified atom stereocenters. The quantitative estimate of drug-likeness (QED) is 0.774. The van der Waals surface area contributed by atoms with Gasteiger partial charge < -0.3 is 9.88 Å². The molecule has 0 bridgehead atoms. The first-order valence-corrected chi connectivity index (χ1v) is 6.85. The van der Waals surface area contributed by atoms with E-state index in [0.29, 0.717) is 0 Å². The molecule has 0 atom stereocenters. The first kappa shape index (κ1) is 13.8. The van der Waals surface area contributed by atoms with Crippen molar-refractivity contribution in [2.45, 2.75) is 13.1 Å². The summed E-state index contributed by atoms with van der Waals surface area (Å²) in [5.74, 6) is -1.02. The van der Waals surface area contributed by atoms with Crippen LogP contribution in [-0.2, 0) is 13.1 Å². The second-order valence-electron chi connectivity index (χ2n) is 5.02. The Labute approximate surface area is 122 Å². The predicted molar refractivity (Wildman–Crippen MR) is 80.2 cm³/mol. The van der Waals surface area contributed by atoms with E-state index in [0.717, 1.165) is 17.4 Å². The highest BCUT2D eigenvalue weighted by Crippen LogP contribution is 2.22. The lowest BCUT2D eigenvalue weighted by molar-refractivity contribution is 0.547. The molecular formula is C17H16F2N2. The van der Waals surface area contributed by atoms with Gasteiger partial charge >= 0.3 is 0 Å². The molecule has 108 valence electrons. The molecule has 3 aromatic rings. The second-order valence-corrected chi connectivity index (χ2v) is 5.02. The zero-order chi connectivity index (χ0) is 14.8. The lowest BCUT2D eigenvalue weighted by Gasteiger charge is -2.09. The van der Waals surface area contributed by atoms with E-state index in [1.165, 1.54) is 23.8 Å². The van der Waals surface area contributed by atoms with E-state index < -0.39 is 11.6 Å². The highest BCUT2D eigenvalue weighted by molar-refractivity contribution is 5.83. The highest BCUT2D eigenvalue weighted by atomic mass is 19.1. The molecule has 0 radical (unpaired) electrons. The summed E-state index contributed by atoms with van der Waals surface area (Å²) in [6, 6.07) is 11.9. The number of hydrogen-bond donors (Lipinski definition) is 1. The van der Waals surface area contributed by atoms with E-state index in [1.807, 2.05) is 42.1 Å². The summed E-state index contributed by atoms with van der Waals surface area (Å²) in [7, 11) is 1.89. The van der Waals surface area contributed by atoms with Crippen LogP contribution < -0.4 is 5.32 Å². The maximum absolute atomic E-state index is 13.8. The third kappa shape index (κ3) is 2.54. The Morgan fingerprint density at radius 1 is 1.00 bits per heavy atom. The van der Waals surface area contributed by atoms with Crippen LogP contribution in [0.4, 0.5) is 8.78 Å². The van der Waals surface area contributed by atoms with Gasteiger partial charge in [-0.3, -0.25) is 0 Å². The molecular weight excluding hydrogens is 270 g/mol. The normalized spacial score (nSPS) is 11.2. The van der Waals surface area contributed by atoms with Gasteiger partial charge in [0.1, 0.15) is 11.6 Å². The van der Waals surface area contributed by atoms with Crippen LogP contribution in [0.3, 0.4) is 0 Å². The Bertz CT molecular complexity index is 757. The first-order valence-electron chi connectivity index (χ1n) is 6.85. The van der Waals surface area contributed by atoms with Crippen molar-refractivity contribution < 1.29 is 8.78 Å². The van der Waals surface area contributed by atoms with Crippen LogP contribution in [0, 0.1) is 11.6 Å². The molecule has 1 heterocycles. The summed E-state index contributed by atoms with van der Waals surface area (Å²) in [5, 5.41) is 4.22. The SMILES string of the molecule is CNCc1cccc2c1ccn2Cc1c(F)cccc1F. The molecule has 0 aliphatic rings. The van der Waals surface area contributed by atoms with Gasteiger partial charge in [0.05, 0.1) is 6.54 Å². The number of fused-ring (bicyclic) bond motifs is 1. The van der Waals surface area contributed by atoms with Crippen LogP contribution in [0.5, 0.6) is 0 Å². The van der Waals surface area contributed by atoms with E-state index in [1.54, 1.807) is 0 Å². The van der Waals surface area contributed by atoms with Crippen LogP contribution in [0.25, 0.3) is 10.9 Å². The fraction of sp³-hybridized carbons (Fsp3) is 0.176. The van der Waals surface area contributed by atoms with Gasteiger partial charge in [0.15, 0.2) is 0 Å². The van der Waals surface area contributed by atoms with Crippen molar-refractivity contribution in [2.75, 3.05) is 7.05 Å². The average Bonchev–Trinajstić information content (AvgIpc) is 2.88. The summed E-state index contributed by atoms with van der Waals surface area (Å²) in [4.78, 5) is 0. The fourth-order valence-corrected chi connectivity index (χ4v) is 2.62. The highest BCUT2D eigenvalue weighted by Gasteiger charge is 2.11. The van der Waals surface area contributed by atoms with Crippen molar-refractivity contribution in [1.82, 2.24) is 9.88 Å². The zero-order valence-corrected chi connectivity index (χ0v) is 11.7. The van der Waals surface area contributed by atoms with Gasteiger partial charge in [-0.05, 0) is 36.9 Å². The van der Waals surface area contributed by atoms with Gasteiger partial charge in [-0.2, -0.15) is 0 Å². The molecule has 2 nitrogen and oxygen atoms in total. The summed E-state index contributed by atoms with van der Waals surface area (Å²) < 4.78 is 29.4. The van der Waals surface area contributed by atoms with Crippen molar-refractivity contribution in [3.63, 3.8) is 0 Å². The molecule has 2 aromatic carbocycles. The van der Waals surface area contributed by atoms with Gasteiger partial charge in [-0.25, -0.2) is 8.78 Å². The Morgan fingerprint density at radius 3 is 2.43 bits per heavy atom. The smallest absolute Gasteiger partial charge is 0.131 e. The molecule has 3 rings (SSSR count). The number of halogens is 2. The fourth-order valence-electron chi connectivity index (χ4n) is 2.62. The van der Waals surface area contributed by atoms with E-state index in [-0.39, 0.29) is 12.1 Å². The number of nitrogens with one attached hydrogen (secondary N) is 1. The zero-order valence-electron chi connectivity index (χ0n) is 11.7. The monoisotopic (exact) mass is 286 g/mol. The Balaban J connectivity index is 2.04. The lowest BCUT2D eigenvalue weighted by atomic mass is 10.1. The Morgan fingerprint density at radius 2 is 1.71 bits per heavy atom. The van der Waals surface area contributed by atoms with Gasteiger partial charge in [0.25, 0.3) is 0 Å². The van der Waals surface area contributed by atoms with Crippen LogP contribution in [-0.4, -0.2) is 11.6 Å². The number of nitrogens with zero attached hydrogens (tertiary/aromatic N) is 1. The second kappa shape index (κ2) is 5.66. The largest absolute Gasteiger partial charge is 0.343 e. The lowest BCUT2D eigenvalue weighted by Crippen LogP contribution is -2.06. The van der Waals surface area contributed by atoms with Crippen molar-refractivity contribution in [3.05, 3.63) is 71.4 Å². The van der Waals surface area contributed by atoms with Crippen LogP contribution in [0.15, 0.2) is 48.7 Å². The van der Waals surface area contributed by atoms with Gasteiger partial charge in [-0.15, -0.1) is 0 Å². The molecule has 0 aliphatic carbocycles. The van der Waals surface area contributed by atoms with Gasteiger partial charge in [0.2, 0.25) is 0 Å². The maximum Gasteiger partial charge on any atom is 0.131 e. The molecule has 0 spiro atoms. The molecule has 4 heteroatoms. The van der Waals surface area contributed by atoms with E-state index in [4.69, 9.17) is 0 Å². The van der Waals surface area contributed by atoms with Gasteiger partial charge in [0, 0.05) is 29.2 Å².